The minimum Gasteiger partial charge on any atom is -0.394 e. The fraction of sp³-hybridized carbons (Fsp3) is 1.00. The van der Waals surface area contributed by atoms with Crippen molar-refractivity contribution in [2.45, 2.75) is 50.2 Å². The molecule has 3 unspecified atom stereocenters. The molecule has 110 valence electrons. The predicted octanol–water partition coefficient (Wildman–Crippen LogP) is 0.515. The first-order chi connectivity index (χ1) is 9.18. The van der Waals surface area contributed by atoms with Crippen molar-refractivity contribution in [1.82, 2.24) is 15.1 Å². The summed E-state index contributed by atoms with van der Waals surface area (Å²) in [6.45, 7) is 7.32. The number of hydrogen-bond acceptors (Lipinski definition) is 4. The SMILES string of the molecule is CNC(CO)(CN1CC2CCCN2CC1C)C1CC1. The van der Waals surface area contributed by atoms with Crippen LogP contribution in [-0.4, -0.2) is 72.4 Å². The largest absolute Gasteiger partial charge is 0.394 e. The Labute approximate surface area is 117 Å². The van der Waals surface area contributed by atoms with Crippen LogP contribution >= 0.6 is 0 Å². The second-order valence-electron chi connectivity index (χ2n) is 6.91. The molecular weight excluding hydrogens is 238 g/mol. The van der Waals surface area contributed by atoms with Gasteiger partial charge in [-0.25, -0.2) is 0 Å². The highest BCUT2D eigenvalue weighted by Gasteiger charge is 2.46. The van der Waals surface area contributed by atoms with Gasteiger partial charge >= 0.3 is 0 Å². The van der Waals surface area contributed by atoms with E-state index in [1.54, 1.807) is 0 Å². The lowest BCUT2D eigenvalue weighted by atomic mass is 9.92. The number of hydrogen-bond donors (Lipinski definition) is 2. The molecule has 0 aromatic carbocycles. The Balaban J connectivity index is 1.67. The molecule has 3 fully saturated rings. The van der Waals surface area contributed by atoms with Gasteiger partial charge < -0.3 is 10.4 Å². The van der Waals surface area contributed by atoms with E-state index in [1.807, 2.05) is 7.05 Å². The average Bonchev–Trinajstić information content (AvgIpc) is 3.17. The molecule has 2 aliphatic heterocycles. The Bertz CT molecular complexity index is 315. The zero-order valence-corrected chi connectivity index (χ0v) is 12.4. The molecule has 19 heavy (non-hydrogen) atoms. The monoisotopic (exact) mass is 267 g/mol. The summed E-state index contributed by atoms with van der Waals surface area (Å²) < 4.78 is 0. The van der Waals surface area contributed by atoms with Gasteiger partial charge in [0.15, 0.2) is 0 Å². The average molecular weight is 267 g/mol. The van der Waals surface area contributed by atoms with Gasteiger partial charge in [-0.15, -0.1) is 0 Å². The van der Waals surface area contributed by atoms with Crippen LogP contribution in [0.2, 0.25) is 0 Å². The van der Waals surface area contributed by atoms with E-state index >= 15 is 0 Å². The van der Waals surface area contributed by atoms with Crippen LogP contribution in [0.15, 0.2) is 0 Å². The third-order valence-electron chi connectivity index (χ3n) is 5.69. The molecule has 0 spiro atoms. The fourth-order valence-electron chi connectivity index (χ4n) is 4.14. The van der Waals surface area contributed by atoms with Crippen LogP contribution in [0.1, 0.15) is 32.6 Å². The summed E-state index contributed by atoms with van der Waals surface area (Å²) in [5, 5.41) is 13.3. The third kappa shape index (κ3) is 2.56. The van der Waals surface area contributed by atoms with E-state index in [1.165, 1.54) is 45.3 Å². The lowest BCUT2D eigenvalue weighted by Crippen LogP contribution is -2.63. The summed E-state index contributed by atoms with van der Waals surface area (Å²) in [6, 6.07) is 1.39. The second kappa shape index (κ2) is 5.32. The number of piperazine rings is 1. The molecule has 4 heteroatoms. The van der Waals surface area contributed by atoms with E-state index in [0.29, 0.717) is 12.0 Å². The van der Waals surface area contributed by atoms with Crippen molar-refractivity contribution in [2.24, 2.45) is 5.92 Å². The van der Waals surface area contributed by atoms with Gasteiger partial charge in [-0.2, -0.15) is 0 Å². The van der Waals surface area contributed by atoms with Crippen molar-refractivity contribution in [3.8, 4) is 0 Å². The third-order valence-corrected chi connectivity index (χ3v) is 5.69. The van der Waals surface area contributed by atoms with Crippen molar-refractivity contribution in [1.29, 1.82) is 0 Å². The quantitative estimate of drug-likeness (QED) is 0.761. The molecule has 1 saturated carbocycles. The molecule has 3 aliphatic rings. The van der Waals surface area contributed by atoms with Crippen LogP contribution in [0.4, 0.5) is 0 Å². The normalized spacial score (nSPS) is 36.2. The van der Waals surface area contributed by atoms with Crippen LogP contribution in [0.25, 0.3) is 0 Å². The number of rotatable bonds is 5. The van der Waals surface area contributed by atoms with Crippen molar-refractivity contribution >= 4 is 0 Å². The van der Waals surface area contributed by atoms with Gasteiger partial charge in [-0.3, -0.25) is 9.80 Å². The Hall–Kier alpha value is -0.160. The lowest BCUT2D eigenvalue weighted by molar-refractivity contribution is 0.0181. The Kier molecular flexibility index (Phi) is 3.87. The maximum absolute atomic E-state index is 9.89. The Morgan fingerprint density at radius 1 is 1.26 bits per heavy atom. The van der Waals surface area contributed by atoms with Crippen molar-refractivity contribution < 1.29 is 5.11 Å². The van der Waals surface area contributed by atoms with E-state index in [9.17, 15) is 5.11 Å². The van der Waals surface area contributed by atoms with Crippen LogP contribution in [0.3, 0.4) is 0 Å². The molecule has 2 saturated heterocycles. The summed E-state index contributed by atoms with van der Waals surface area (Å²) in [6.07, 6.45) is 5.28. The molecule has 2 N–H and O–H groups in total. The summed E-state index contributed by atoms with van der Waals surface area (Å²) >= 11 is 0. The molecular formula is C15H29N3O. The minimum atomic E-state index is -0.0605. The van der Waals surface area contributed by atoms with E-state index in [0.717, 1.165) is 12.6 Å². The number of aliphatic hydroxyl groups is 1. The van der Waals surface area contributed by atoms with Gasteiger partial charge in [0, 0.05) is 31.7 Å². The molecule has 0 aromatic rings. The highest BCUT2D eigenvalue weighted by atomic mass is 16.3. The summed E-state index contributed by atoms with van der Waals surface area (Å²) in [5.41, 5.74) is -0.0605. The summed E-state index contributed by atoms with van der Waals surface area (Å²) in [5.74, 6) is 0.677. The van der Waals surface area contributed by atoms with E-state index in [2.05, 4.69) is 22.0 Å². The van der Waals surface area contributed by atoms with Crippen molar-refractivity contribution in [2.75, 3.05) is 39.8 Å². The lowest BCUT2D eigenvalue weighted by Gasteiger charge is -2.46. The van der Waals surface area contributed by atoms with Crippen LogP contribution in [0, 0.1) is 5.92 Å². The first kappa shape index (κ1) is 13.8. The first-order valence-corrected chi connectivity index (χ1v) is 7.96. The van der Waals surface area contributed by atoms with Gasteiger partial charge in [0.05, 0.1) is 12.1 Å². The number of aliphatic hydroxyl groups excluding tert-OH is 1. The Morgan fingerprint density at radius 3 is 2.68 bits per heavy atom. The van der Waals surface area contributed by atoms with Gasteiger partial charge in [-0.05, 0) is 52.1 Å². The molecule has 4 nitrogen and oxygen atoms in total. The molecule has 0 amide bonds. The number of nitrogens with one attached hydrogen (secondary N) is 1. The highest BCUT2D eigenvalue weighted by Crippen LogP contribution is 2.40. The van der Waals surface area contributed by atoms with Crippen molar-refractivity contribution in [3.05, 3.63) is 0 Å². The predicted molar refractivity (Wildman–Crippen MR) is 77.2 cm³/mol. The van der Waals surface area contributed by atoms with E-state index in [4.69, 9.17) is 0 Å². The molecule has 1 aliphatic carbocycles. The number of nitrogens with zero attached hydrogens (tertiary/aromatic N) is 2. The van der Waals surface area contributed by atoms with Crippen molar-refractivity contribution in [3.63, 3.8) is 0 Å². The maximum Gasteiger partial charge on any atom is 0.0628 e. The zero-order valence-electron chi connectivity index (χ0n) is 12.4. The van der Waals surface area contributed by atoms with Gasteiger partial charge in [0.1, 0.15) is 0 Å². The molecule has 2 heterocycles. The molecule has 0 aromatic heterocycles. The second-order valence-corrected chi connectivity index (χ2v) is 6.91. The van der Waals surface area contributed by atoms with E-state index in [-0.39, 0.29) is 12.1 Å². The van der Waals surface area contributed by atoms with Gasteiger partial charge in [0.2, 0.25) is 0 Å². The molecule has 0 bridgehead atoms. The molecule has 3 rings (SSSR count). The van der Waals surface area contributed by atoms with Crippen LogP contribution in [-0.2, 0) is 0 Å². The minimum absolute atomic E-state index is 0.0605. The topological polar surface area (TPSA) is 38.7 Å². The summed E-state index contributed by atoms with van der Waals surface area (Å²) in [4.78, 5) is 5.29. The van der Waals surface area contributed by atoms with Crippen LogP contribution < -0.4 is 5.32 Å². The van der Waals surface area contributed by atoms with Gasteiger partial charge in [0.25, 0.3) is 0 Å². The van der Waals surface area contributed by atoms with Gasteiger partial charge in [-0.1, -0.05) is 0 Å². The first-order valence-electron chi connectivity index (χ1n) is 7.96. The fourth-order valence-corrected chi connectivity index (χ4v) is 4.14. The maximum atomic E-state index is 9.89. The standard InChI is InChI=1S/C15H29N3O/c1-12-8-17-7-3-4-14(17)9-18(12)10-15(11-19,16-2)13-5-6-13/h12-14,16,19H,3-11H2,1-2H3. The highest BCUT2D eigenvalue weighted by molar-refractivity contribution is 5.04. The summed E-state index contributed by atoms with van der Waals surface area (Å²) in [7, 11) is 2.02. The van der Waals surface area contributed by atoms with Crippen LogP contribution in [0.5, 0.6) is 0 Å². The molecule has 3 atom stereocenters. The number of likely N-dealkylation sites (N-methyl/N-ethyl adjacent to an activating group) is 1. The molecule has 0 radical (unpaired) electrons. The van der Waals surface area contributed by atoms with E-state index < -0.39 is 0 Å². The smallest absolute Gasteiger partial charge is 0.0628 e. The Morgan fingerprint density at radius 2 is 2.05 bits per heavy atom. The number of fused-ring (bicyclic) bond motifs is 1. The zero-order chi connectivity index (χ0) is 13.5.